The normalized spacial score (nSPS) is 18.3. The van der Waals surface area contributed by atoms with Crippen LogP contribution in [0.1, 0.15) is 13.8 Å². The van der Waals surface area contributed by atoms with Crippen molar-refractivity contribution in [2.45, 2.75) is 24.8 Å². The third kappa shape index (κ3) is 3.73. The summed E-state index contributed by atoms with van der Waals surface area (Å²) in [6, 6.07) is 2.57. The number of benzene rings is 1. The fraction of sp³-hybridized carbons (Fsp3) is 0.533. The molecule has 1 amide bonds. The second kappa shape index (κ2) is 7.54. The lowest BCUT2D eigenvalue weighted by atomic mass is 10.2. The topological polar surface area (TPSA) is 69.7 Å². The molecule has 134 valence electrons. The minimum absolute atomic E-state index is 0.0693. The van der Waals surface area contributed by atoms with Gasteiger partial charge in [0, 0.05) is 32.7 Å². The van der Waals surface area contributed by atoms with Crippen molar-refractivity contribution in [1.82, 2.24) is 14.5 Å². The molecule has 0 saturated carbocycles. The van der Waals surface area contributed by atoms with Gasteiger partial charge in [-0.2, -0.15) is 4.31 Å². The third-order valence-corrected chi connectivity index (χ3v) is 6.02. The first kappa shape index (κ1) is 18.8. The van der Waals surface area contributed by atoms with E-state index in [2.05, 4.69) is 5.32 Å². The van der Waals surface area contributed by atoms with Crippen LogP contribution in [0.15, 0.2) is 23.1 Å². The summed E-state index contributed by atoms with van der Waals surface area (Å²) in [7, 11) is -4.25. The molecule has 1 atom stereocenters. The first-order valence-corrected chi connectivity index (χ1v) is 9.19. The largest absolute Gasteiger partial charge is 0.355 e. The van der Waals surface area contributed by atoms with Crippen LogP contribution < -0.4 is 5.32 Å². The van der Waals surface area contributed by atoms with Crippen molar-refractivity contribution in [1.29, 1.82) is 0 Å². The molecule has 1 N–H and O–H groups in total. The number of hydrogen-bond donors (Lipinski definition) is 1. The third-order valence-electron chi connectivity index (χ3n) is 4.07. The van der Waals surface area contributed by atoms with Gasteiger partial charge in [0.1, 0.15) is 11.6 Å². The molecule has 6 nitrogen and oxygen atoms in total. The Kier molecular flexibility index (Phi) is 5.89. The summed E-state index contributed by atoms with van der Waals surface area (Å²) in [5, 5.41) is 2.71. The number of carbonyl (C=O) groups excluding carboxylic acids is 1. The molecule has 0 aromatic heterocycles. The fourth-order valence-corrected chi connectivity index (χ4v) is 4.21. The monoisotopic (exact) mass is 361 g/mol. The van der Waals surface area contributed by atoms with E-state index in [-0.39, 0.29) is 25.0 Å². The zero-order valence-electron chi connectivity index (χ0n) is 13.6. The van der Waals surface area contributed by atoms with Gasteiger partial charge in [0.05, 0.1) is 6.04 Å². The standard InChI is InChI=1S/C15H21F2N3O3S/c1-3-18-15(21)11(2)19-7-9-20(10-8-19)24(22,23)14-12(16)5-4-6-13(14)17/h4-6,11H,3,7-10H2,1-2H3,(H,18,21)/t11-/m0/s1. The molecule has 0 aliphatic carbocycles. The van der Waals surface area contributed by atoms with Gasteiger partial charge in [-0.1, -0.05) is 6.07 Å². The van der Waals surface area contributed by atoms with E-state index >= 15 is 0 Å². The molecule has 9 heteroatoms. The second-order valence-corrected chi connectivity index (χ2v) is 7.44. The van der Waals surface area contributed by atoms with Crippen molar-refractivity contribution in [3.63, 3.8) is 0 Å². The van der Waals surface area contributed by atoms with Crippen molar-refractivity contribution in [2.75, 3.05) is 32.7 Å². The second-order valence-electron chi connectivity index (χ2n) is 5.56. The maximum atomic E-state index is 13.8. The molecule has 2 rings (SSSR count). The molecule has 1 aliphatic heterocycles. The van der Waals surface area contributed by atoms with Crippen LogP contribution in [0, 0.1) is 11.6 Å². The van der Waals surface area contributed by atoms with E-state index in [4.69, 9.17) is 0 Å². The molecule has 0 radical (unpaired) electrons. The maximum Gasteiger partial charge on any atom is 0.249 e. The summed E-state index contributed by atoms with van der Waals surface area (Å²) >= 11 is 0. The van der Waals surface area contributed by atoms with E-state index in [1.807, 2.05) is 11.8 Å². The van der Waals surface area contributed by atoms with Gasteiger partial charge in [0.25, 0.3) is 0 Å². The minimum Gasteiger partial charge on any atom is -0.355 e. The number of halogens is 2. The Morgan fingerprint density at radius 2 is 1.75 bits per heavy atom. The minimum atomic E-state index is -4.25. The van der Waals surface area contributed by atoms with E-state index in [9.17, 15) is 22.0 Å². The quantitative estimate of drug-likeness (QED) is 0.842. The highest BCUT2D eigenvalue weighted by Gasteiger charge is 2.34. The zero-order chi connectivity index (χ0) is 17.9. The Bertz CT molecular complexity index is 684. The molecule has 0 spiro atoms. The van der Waals surface area contributed by atoms with Gasteiger partial charge in [0.2, 0.25) is 15.9 Å². The zero-order valence-corrected chi connectivity index (χ0v) is 14.4. The van der Waals surface area contributed by atoms with Gasteiger partial charge in [-0.05, 0) is 26.0 Å². The number of likely N-dealkylation sites (N-methyl/N-ethyl adjacent to an activating group) is 1. The number of piperazine rings is 1. The Balaban J connectivity index is 2.10. The lowest BCUT2D eigenvalue weighted by Gasteiger charge is -2.36. The Hall–Kier alpha value is -1.58. The number of nitrogens with zero attached hydrogens (tertiary/aromatic N) is 2. The lowest BCUT2D eigenvalue weighted by molar-refractivity contribution is -0.126. The average Bonchev–Trinajstić information content (AvgIpc) is 2.54. The van der Waals surface area contributed by atoms with E-state index in [1.54, 1.807) is 6.92 Å². The van der Waals surface area contributed by atoms with Crippen molar-refractivity contribution in [3.05, 3.63) is 29.8 Å². The van der Waals surface area contributed by atoms with E-state index in [0.717, 1.165) is 22.5 Å². The highest BCUT2D eigenvalue weighted by molar-refractivity contribution is 7.89. The van der Waals surface area contributed by atoms with Crippen LogP contribution in [0.3, 0.4) is 0 Å². The average molecular weight is 361 g/mol. The van der Waals surface area contributed by atoms with Crippen LogP contribution in [-0.2, 0) is 14.8 Å². The van der Waals surface area contributed by atoms with E-state index in [1.165, 1.54) is 0 Å². The molecular weight excluding hydrogens is 340 g/mol. The van der Waals surface area contributed by atoms with Gasteiger partial charge >= 0.3 is 0 Å². The predicted molar refractivity (Wildman–Crippen MR) is 84.8 cm³/mol. The Morgan fingerprint density at radius 3 is 2.25 bits per heavy atom. The van der Waals surface area contributed by atoms with E-state index in [0.29, 0.717) is 19.6 Å². The number of nitrogens with one attached hydrogen (secondary N) is 1. The molecule has 1 aromatic carbocycles. The van der Waals surface area contributed by atoms with Crippen LogP contribution in [0.25, 0.3) is 0 Å². The van der Waals surface area contributed by atoms with Gasteiger partial charge in [0.15, 0.2) is 4.90 Å². The predicted octanol–water partition coefficient (Wildman–Crippen LogP) is 0.796. The lowest BCUT2D eigenvalue weighted by Crippen LogP contribution is -2.55. The molecule has 24 heavy (non-hydrogen) atoms. The van der Waals surface area contributed by atoms with Crippen molar-refractivity contribution in [3.8, 4) is 0 Å². The van der Waals surface area contributed by atoms with E-state index < -0.39 is 26.6 Å². The number of rotatable bonds is 5. The molecule has 0 bridgehead atoms. The Labute approximate surface area is 140 Å². The first-order valence-electron chi connectivity index (χ1n) is 7.75. The number of amides is 1. The Morgan fingerprint density at radius 1 is 1.21 bits per heavy atom. The SMILES string of the molecule is CCNC(=O)[C@H](C)N1CCN(S(=O)(=O)c2c(F)cccc2F)CC1. The number of carbonyl (C=O) groups is 1. The molecule has 1 aromatic rings. The van der Waals surface area contributed by atoms with Crippen LogP contribution in [0.5, 0.6) is 0 Å². The van der Waals surface area contributed by atoms with Crippen molar-refractivity contribution >= 4 is 15.9 Å². The number of hydrogen-bond acceptors (Lipinski definition) is 4. The van der Waals surface area contributed by atoms with Crippen molar-refractivity contribution < 1.29 is 22.0 Å². The highest BCUT2D eigenvalue weighted by atomic mass is 32.2. The summed E-state index contributed by atoms with van der Waals surface area (Å²) in [6.45, 7) is 4.84. The van der Waals surface area contributed by atoms with Crippen LogP contribution in [-0.4, -0.2) is 62.3 Å². The molecule has 1 aliphatic rings. The molecular formula is C15H21F2N3O3S. The summed E-state index contributed by atoms with van der Waals surface area (Å²) in [6.07, 6.45) is 0. The summed E-state index contributed by atoms with van der Waals surface area (Å²) in [5.41, 5.74) is 0. The van der Waals surface area contributed by atoms with Crippen LogP contribution in [0.4, 0.5) is 8.78 Å². The summed E-state index contributed by atoms with van der Waals surface area (Å²) in [4.78, 5) is 12.8. The smallest absolute Gasteiger partial charge is 0.249 e. The highest BCUT2D eigenvalue weighted by Crippen LogP contribution is 2.23. The van der Waals surface area contributed by atoms with Crippen LogP contribution in [0.2, 0.25) is 0 Å². The molecule has 1 saturated heterocycles. The first-order chi connectivity index (χ1) is 11.3. The van der Waals surface area contributed by atoms with Crippen molar-refractivity contribution in [2.24, 2.45) is 0 Å². The van der Waals surface area contributed by atoms with Gasteiger partial charge in [-0.3, -0.25) is 9.69 Å². The van der Waals surface area contributed by atoms with Crippen LogP contribution >= 0.6 is 0 Å². The summed E-state index contributed by atoms with van der Waals surface area (Å²) < 4.78 is 53.6. The summed E-state index contributed by atoms with van der Waals surface area (Å²) in [5.74, 6) is -2.34. The van der Waals surface area contributed by atoms with Gasteiger partial charge < -0.3 is 5.32 Å². The molecule has 1 fully saturated rings. The van der Waals surface area contributed by atoms with Gasteiger partial charge in [-0.15, -0.1) is 0 Å². The molecule has 0 unspecified atom stereocenters. The molecule has 1 heterocycles. The fourth-order valence-electron chi connectivity index (χ4n) is 2.68. The van der Waals surface area contributed by atoms with Gasteiger partial charge in [-0.25, -0.2) is 17.2 Å². The number of sulfonamides is 1. The maximum absolute atomic E-state index is 13.8.